The smallest absolute Gasteiger partial charge is 0.232 e. The molecule has 0 aliphatic rings. The molecule has 1 aromatic rings. The summed E-state index contributed by atoms with van der Waals surface area (Å²) >= 11 is 3.36. The number of halogens is 1. The van der Waals surface area contributed by atoms with Crippen molar-refractivity contribution in [2.45, 2.75) is 33.1 Å². The molecule has 1 N–H and O–H groups in total. The first-order chi connectivity index (χ1) is 10.3. The number of nitrogens with zero attached hydrogens (tertiary/aromatic N) is 1. The van der Waals surface area contributed by atoms with Gasteiger partial charge in [-0.15, -0.1) is 0 Å². The summed E-state index contributed by atoms with van der Waals surface area (Å²) in [5.74, 6) is -0.128. The molecule has 1 amide bonds. The lowest BCUT2D eigenvalue weighted by Crippen LogP contribution is -2.35. The summed E-state index contributed by atoms with van der Waals surface area (Å²) in [7, 11) is -3.44. The average molecular weight is 391 g/mol. The molecule has 0 radical (unpaired) electrons. The predicted molar refractivity (Wildman–Crippen MR) is 93.6 cm³/mol. The minimum absolute atomic E-state index is 0.128. The Bertz CT molecular complexity index is 617. The number of nitrogens with one attached hydrogen (secondary N) is 1. The fraction of sp³-hybridized carbons (Fsp3) is 0.533. The molecule has 0 fully saturated rings. The highest BCUT2D eigenvalue weighted by molar-refractivity contribution is 9.10. The molecule has 0 bridgehead atoms. The summed E-state index contributed by atoms with van der Waals surface area (Å²) in [4.78, 5) is 11.8. The zero-order valence-electron chi connectivity index (χ0n) is 13.2. The summed E-state index contributed by atoms with van der Waals surface area (Å²) in [6, 6.07) is 5.39. The molecule has 0 aliphatic carbocycles. The highest BCUT2D eigenvalue weighted by atomic mass is 79.9. The van der Waals surface area contributed by atoms with Crippen LogP contribution in [0.25, 0.3) is 0 Å². The number of rotatable bonds is 8. The molecule has 1 aromatic carbocycles. The Hall–Kier alpha value is -1.08. The summed E-state index contributed by atoms with van der Waals surface area (Å²) in [5.41, 5.74) is 1.44. The molecule has 0 aromatic heterocycles. The van der Waals surface area contributed by atoms with E-state index >= 15 is 0 Å². The van der Waals surface area contributed by atoms with Gasteiger partial charge in [0.2, 0.25) is 15.9 Å². The van der Waals surface area contributed by atoms with Crippen molar-refractivity contribution in [3.8, 4) is 0 Å². The molecule has 0 saturated heterocycles. The lowest BCUT2D eigenvalue weighted by atomic mass is 10.2. The van der Waals surface area contributed by atoms with Gasteiger partial charge in [0.25, 0.3) is 0 Å². The van der Waals surface area contributed by atoms with E-state index in [0.717, 1.165) is 29.1 Å². The summed E-state index contributed by atoms with van der Waals surface area (Å²) in [6.07, 6.45) is 3.23. The van der Waals surface area contributed by atoms with Crippen molar-refractivity contribution in [2.75, 3.05) is 23.7 Å². The van der Waals surface area contributed by atoms with E-state index in [0.29, 0.717) is 12.2 Å². The van der Waals surface area contributed by atoms with Gasteiger partial charge in [0.15, 0.2) is 0 Å². The highest BCUT2D eigenvalue weighted by Gasteiger charge is 2.20. The van der Waals surface area contributed by atoms with Gasteiger partial charge >= 0.3 is 0 Å². The maximum absolute atomic E-state index is 12.0. The lowest BCUT2D eigenvalue weighted by molar-refractivity contribution is -0.120. The van der Waals surface area contributed by atoms with Gasteiger partial charge in [-0.3, -0.25) is 9.10 Å². The zero-order valence-corrected chi connectivity index (χ0v) is 15.6. The number of hydrogen-bond donors (Lipinski definition) is 1. The predicted octanol–water partition coefficient (Wildman–Crippen LogP) is 2.83. The molecule has 0 unspecified atom stereocenters. The van der Waals surface area contributed by atoms with Crippen LogP contribution in [-0.4, -0.2) is 33.7 Å². The standard InChI is InChI=1S/C15H23BrN2O3S/c1-4-5-9-17-15(19)8-10-18(22(3,20)21)14-7-6-13(16)11-12(14)2/h6-7,11H,4-5,8-10H2,1-3H3,(H,17,19). The van der Waals surface area contributed by atoms with Crippen LogP contribution in [0.15, 0.2) is 22.7 Å². The molecule has 124 valence electrons. The van der Waals surface area contributed by atoms with E-state index in [1.165, 1.54) is 4.31 Å². The van der Waals surface area contributed by atoms with E-state index < -0.39 is 10.0 Å². The van der Waals surface area contributed by atoms with E-state index in [2.05, 4.69) is 21.2 Å². The third-order valence-corrected chi connectivity index (χ3v) is 4.90. The van der Waals surface area contributed by atoms with Crippen LogP contribution in [0.1, 0.15) is 31.7 Å². The molecular weight excluding hydrogens is 368 g/mol. The number of amides is 1. The number of unbranched alkanes of at least 4 members (excludes halogenated alkanes) is 1. The Labute approximate surface area is 141 Å². The SMILES string of the molecule is CCCCNC(=O)CCN(c1ccc(Br)cc1C)S(C)(=O)=O. The third-order valence-electron chi connectivity index (χ3n) is 3.22. The summed E-state index contributed by atoms with van der Waals surface area (Å²) in [5, 5.41) is 2.80. The van der Waals surface area contributed by atoms with Gasteiger partial charge in [-0.05, 0) is 37.1 Å². The second-order valence-corrected chi connectivity index (χ2v) is 8.04. The zero-order chi connectivity index (χ0) is 16.8. The summed E-state index contributed by atoms with van der Waals surface area (Å²) < 4.78 is 26.2. The van der Waals surface area contributed by atoms with Gasteiger partial charge in [-0.1, -0.05) is 29.3 Å². The van der Waals surface area contributed by atoms with Crippen LogP contribution in [0.2, 0.25) is 0 Å². The van der Waals surface area contributed by atoms with Crippen molar-refractivity contribution in [3.63, 3.8) is 0 Å². The van der Waals surface area contributed by atoms with Crippen LogP contribution in [0.4, 0.5) is 5.69 Å². The molecule has 0 heterocycles. The number of carbonyl (C=O) groups excluding carboxylic acids is 1. The Morgan fingerprint density at radius 3 is 2.59 bits per heavy atom. The van der Waals surface area contributed by atoms with Crippen molar-refractivity contribution >= 4 is 37.5 Å². The van der Waals surface area contributed by atoms with Crippen molar-refractivity contribution in [1.82, 2.24) is 5.32 Å². The van der Waals surface area contributed by atoms with Gasteiger partial charge in [-0.2, -0.15) is 0 Å². The molecule has 5 nitrogen and oxygen atoms in total. The minimum Gasteiger partial charge on any atom is -0.356 e. The topological polar surface area (TPSA) is 66.5 Å². The van der Waals surface area contributed by atoms with Gasteiger partial charge in [-0.25, -0.2) is 8.42 Å². The van der Waals surface area contributed by atoms with Crippen LogP contribution >= 0.6 is 15.9 Å². The highest BCUT2D eigenvalue weighted by Crippen LogP contribution is 2.25. The minimum atomic E-state index is -3.44. The Morgan fingerprint density at radius 1 is 1.36 bits per heavy atom. The monoisotopic (exact) mass is 390 g/mol. The van der Waals surface area contributed by atoms with Gasteiger partial charge < -0.3 is 5.32 Å². The molecule has 1 rings (SSSR count). The largest absolute Gasteiger partial charge is 0.356 e. The van der Waals surface area contributed by atoms with Gasteiger partial charge in [0.05, 0.1) is 11.9 Å². The van der Waals surface area contributed by atoms with E-state index in [1.807, 2.05) is 19.9 Å². The number of benzene rings is 1. The number of aryl methyl sites for hydroxylation is 1. The van der Waals surface area contributed by atoms with Crippen molar-refractivity contribution in [1.29, 1.82) is 0 Å². The first-order valence-electron chi connectivity index (χ1n) is 7.26. The fourth-order valence-corrected chi connectivity index (χ4v) is 3.52. The molecule has 0 aliphatic heterocycles. The van der Waals surface area contributed by atoms with Gasteiger partial charge in [0, 0.05) is 24.0 Å². The molecule has 7 heteroatoms. The van der Waals surface area contributed by atoms with E-state index in [9.17, 15) is 13.2 Å². The van der Waals surface area contributed by atoms with Crippen LogP contribution in [0.5, 0.6) is 0 Å². The average Bonchev–Trinajstić information content (AvgIpc) is 2.40. The van der Waals surface area contributed by atoms with E-state index in [4.69, 9.17) is 0 Å². The first-order valence-corrected chi connectivity index (χ1v) is 9.90. The molecule has 22 heavy (non-hydrogen) atoms. The maximum atomic E-state index is 12.0. The number of hydrogen-bond acceptors (Lipinski definition) is 3. The fourth-order valence-electron chi connectivity index (χ4n) is 2.06. The van der Waals surface area contributed by atoms with Crippen LogP contribution in [-0.2, 0) is 14.8 Å². The first kappa shape index (κ1) is 19.0. The maximum Gasteiger partial charge on any atom is 0.232 e. The van der Waals surface area contributed by atoms with Crippen LogP contribution < -0.4 is 9.62 Å². The Kier molecular flexibility index (Phi) is 7.35. The lowest BCUT2D eigenvalue weighted by Gasteiger charge is -2.24. The third kappa shape index (κ3) is 5.96. The second kappa shape index (κ2) is 8.53. The molecule has 0 saturated carbocycles. The van der Waals surface area contributed by atoms with E-state index in [1.54, 1.807) is 12.1 Å². The summed E-state index contributed by atoms with van der Waals surface area (Å²) in [6.45, 7) is 4.66. The molecule has 0 atom stereocenters. The number of sulfonamides is 1. The normalized spacial score (nSPS) is 11.3. The molecular formula is C15H23BrN2O3S. The van der Waals surface area contributed by atoms with E-state index in [-0.39, 0.29) is 18.9 Å². The van der Waals surface area contributed by atoms with Crippen molar-refractivity contribution in [2.24, 2.45) is 0 Å². The Balaban J connectivity index is 2.81. The van der Waals surface area contributed by atoms with Gasteiger partial charge in [0.1, 0.15) is 0 Å². The van der Waals surface area contributed by atoms with Crippen molar-refractivity contribution < 1.29 is 13.2 Å². The number of carbonyl (C=O) groups is 1. The quantitative estimate of drug-likeness (QED) is 0.693. The van der Waals surface area contributed by atoms with Crippen molar-refractivity contribution in [3.05, 3.63) is 28.2 Å². The Morgan fingerprint density at radius 2 is 2.05 bits per heavy atom. The van der Waals surface area contributed by atoms with Crippen LogP contribution in [0.3, 0.4) is 0 Å². The second-order valence-electron chi connectivity index (χ2n) is 5.22. The van der Waals surface area contributed by atoms with Crippen LogP contribution in [0, 0.1) is 6.92 Å². The number of anilines is 1. The molecule has 0 spiro atoms.